The molecule has 0 saturated heterocycles. The average Bonchev–Trinajstić information content (AvgIpc) is 2.70. The van der Waals surface area contributed by atoms with Gasteiger partial charge in [0.2, 0.25) is 11.8 Å². The molecule has 0 atom stereocenters. The van der Waals surface area contributed by atoms with E-state index in [1.807, 2.05) is 29.5 Å². The highest BCUT2D eigenvalue weighted by Crippen LogP contribution is 2.31. The number of ether oxygens (including phenoxy) is 2. The van der Waals surface area contributed by atoms with Crippen LogP contribution >= 0.6 is 22.6 Å². The molecule has 0 heterocycles. The highest BCUT2D eigenvalue weighted by molar-refractivity contribution is 14.1. The number of halogens is 1. The maximum absolute atomic E-state index is 12.0. The number of benzene rings is 2. The highest BCUT2D eigenvalue weighted by atomic mass is 127. The second-order valence-electron chi connectivity index (χ2n) is 5.85. The molecule has 0 aliphatic rings. The van der Waals surface area contributed by atoms with Crippen molar-refractivity contribution < 1.29 is 24.2 Å². The summed E-state index contributed by atoms with van der Waals surface area (Å²) in [6.45, 7) is 2.47. The molecule has 0 aliphatic heterocycles. The fraction of sp³-hybridized carbons (Fsp3) is 0.250. The molecule has 0 radical (unpaired) electrons. The predicted molar refractivity (Wildman–Crippen MR) is 119 cm³/mol. The van der Waals surface area contributed by atoms with Crippen LogP contribution in [-0.4, -0.2) is 36.9 Å². The lowest BCUT2D eigenvalue weighted by atomic mass is 10.2. The summed E-state index contributed by atoms with van der Waals surface area (Å²) in [4.78, 5) is 23.8. The predicted octanol–water partition coefficient (Wildman–Crippen LogP) is 3.27. The summed E-state index contributed by atoms with van der Waals surface area (Å²) in [5.74, 6) is 0.432. The quantitative estimate of drug-likeness (QED) is 0.272. The Labute approximate surface area is 182 Å². The number of carbonyl (C=O) groups is 2. The molecule has 29 heavy (non-hydrogen) atoms. The zero-order valence-electron chi connectivity index (χ0n) is 16.1. The number of hydrazone groups is 1. The number of nitrogens with zero attached hydrogens (tertiary/aromatic N) is 1. The molecule has 0 saturated carbocycles. The first-order chi connectivity index (χ1) is 13.9. The summed E-state index contributed by atoms with van der Waals surface area (Å²) in [7, 11) is 1.45. The van der Waals surface area contributed by atoms with Gasteiger partial charge in [0, 0.05) is 18.5 Å². The standard InChI is InChI=1S/C20H22IN3O5/c1-3-29-15-6-4-14(5-7-15)23-18(25)8-9-19(26)24-22-12-13-10-16(21)20(27)17(11-13)28-2/h4-7,10-12,27H,3,8-9H2,1-2H3,(H,23,25)(H,24,26). The van der Waals surface area contributed by atoms with Crippen molar-refractivity contribution >= 4 is 46.3 Å². The third-order valence-electron chi connectivity index (χ3n) is 3.70. The first-order valence-corrected chi connectivity index (χ1v) is 9.92. The molecule has 154 valence electrons. The van der Waals surface area contributed by atoms with Crippen molar-refractivity contribution in [3.05, 3.63) is 45.5 Å². The van der Waals surface area contributed by atoms with E-state index in [-0.39, 0.29) is 30.4 Å². The van der Waals surface area contributed by atoms with Crippen molar-refractivity contribution in [3.8, 4) is 17.2 Å². The lowest BCUT2D eigenvalue weighted by molar-refractivity contribution is -0.124. The summed E-state index contributed by atoms with van der Waals surface area (Å²) >= 11 is 1.97. The van der Waals surface area contributed by atoms with Crippen molar-refractivity contribution in [2.45, 2.75) is 19.8 Å². The van der Waals surface area contributed by atoms with Gasteiger partial charge in [0.05, 0.1) is 23.5 Å². The zero-order chi connectivity index (χ0) is 21.2. The number of phenolic OH excluding ortho intramolecular Hbond substituents is 1. The minimum atomic E-state index is -0.386. The van der Waals surface area contributed by atoms with Gasteiger partial charge in [-0.15, -0.1) is 0 Å². The van der Waals surface area contributed by atoms with Crippen molar-refractivity contribution in [3.63, 3.8) is 0 Å². The van der Waals surface area contributed by atoms with Crippen LogP contribution in [-0.2, 0) is 9.59 Å². The minimum Gasteiger partial charge on any atom is -0.504 e. The largest absolute Gasteiger partial charge is 0.504 e. The van der Waals surface area contributed by atoms with E-state index < -0.39 is 0 Å². The number of hydrogen-bond acceptors (Lipinski definition) is 6. The molecule has 0 aliphatic carbocycles. The zero-order valence-corrected chi connectivity index (χ0v) is 18.2. The Balaban J connectivity index is 1.78. The summed E-state index contributed by atoms with van der Waals surface area (Å²) < 4.78 is 11.0. The molecular weight excluding hydrogens is 489 g/mol. The summed E-state index contributed by atoms with van der Waals surface area (Å²) in [5, 5.41) is 16.4. The second-order valence-corrected chi connectivity index (χ2v) is 7.01. The molecular formula is C20H22IN3O5. The molecule has 2 rings (SSSR count). The van der Waals surface area contributed by atoms with Crippen LogP contribution in [0.4, 0.5) is 5.69 Å². The van der Waals surface area contributed by atoms with Gasteiger partial charge in [-0.05, 0) is 71.5 Å². The van der Waals surface area contributed by atoms with Crippen LogP contribution in [0.15, 0.2) is 41.5 Å². The van der Waals surface area contributed by atoms with Gasteiger partial charge >= 0.3 is 0 Å². The molecule has 0 fully saturated rings. The van der Waals surface area contributed by atoms with Gasteiger partial charge in [-0.25, -0.2) is 5.43 Å². The first kappa shape index (κ1) is 22.5. The van der Waals surface area contributed by atoms with Crippen LogP contribution in [0.5, 0.6) is 17.2 Å². The number of aromatic hydroxyl groups is 1. The number of phenols is 1. The molecule has 8 nitrogen and oxygen atoms in total. The minimum absolute atomic E-state index is 0.00334. The number of hydrogen-bond donors (Lipinski definition) is 3. The Morgan fingerprint density at radius 2 is 1.86 bits per heavy atom. The van der Waals surface area contributed by atoms with E-state index in [0.29, 0.717) is 27.2 Å². The molecule has 0 spiro atoms. The normalized spacial score (nSPS) is 10.6. The Morgan fingerprint density at radius 1 is 1.17 bits per heavy atom. The van der Waals surface area contributed by atoms with Crippen molar-refractivity contribution in [1.29, 1.82) is 0 Å². The van der Waals surface area contributed by atoms with E-state index in [9.17, 15) is 14.7 Å². The van der Waals surface area contributed by atoms with E-state index >= 15 is 0 Å². The van der Waals surface area contributed by atoms with Crippen LogP contribution < -0.4 is 20.2 Å². The molecule has 2 amide bonds. The van der Waals surface area contributed by atoms with Gasteiger partial charge in [-0.3, -0.25) is 9.59 Å². The molecule has 0 aromatic heterocycles. The molecule has 0 bridgehead atoms. The lowest BCUT2D eigenvalue weighted by Crippen LogP contribution is -2.20. The van der Waals surface area contributed by atoms with Crippen LogP contribution in [0.1, 0.15) is 25.3 Å². The van der Waals surface area contributed by atoms with Crippen LogP contribution in [0, 0.1) is 3.57 Å². The van der Waals surface area contributed by atoms with Crippen molar-refractivity contribution in [2.75, 3.05) is 19.0 Å². The number of nitrogens with one attached hydrogen (secondary N) is 2. The molecule has 3 N–H and O–H groups in total. The maximum Gasteiger partial charge on any atom is 0.240 e. The monoisotopic (exact) mass is 511 g/mol. The molecule has 9 heteroatoms. The highest BCUT2D eigenvalue weighted by Gasteiger charge is 2.09. The molecule has 2 aromatic rings. The number of anilines is 1. The van der Waals surface area contributed by atoms with Gasteiger partial charge in [0.15, 0.2) is 11.5 Å². The van der Waals surface area contributed by atoms with Gasteiger partial charge in [-0.1, -0.05) is 0 Å². The van der Waals surface area contributed by atoms with E-state index in [4.69, 9.17) is 9.47 Å². The Hall–Kier alpha value is -2.82. The second kappa shape index (κ2) is 11.2. The first-order valence-electron chi connectivity index (χ1n) is 8.84. The lowest BCUT2D eigenvalue weighted by Gasteiger charge is -2.07. The molecule has 2 aromatic carbocycles. The topological polar surface area (TPSA) is 109 Å². The van der Waals surface area contributed by atoms with Gasteiger partial charge in [0.25, 0.3) is 0 Å². The number of methoxy groups -OCH3 is 1. The fourth-order valence-corrected chi connectivity index (χ4v) is 2.94. The number of amides is 2. The summed E-state index contributed by atoms with van der Waals surface area (Å²) in [5.41, 5.74) is 3.65. The summed E-state index contributed by atoms with van der Waals surface area (Å²) in [6.07, 6.45) is 1.46. The van der Waals surface area contributed by atoms with E-state index in [2.05, 4.69) is 15.8 Å². The number of carbonyl (C=O) groups excluding carboxylic acids is 2. The van der Waals surface area contributed by atoms with Gasteiger partial charge in [-0.2, -0.15) is 5.10 Å². The van der Waals surface area contributed by atoms with E-state index in [0.717, 1.165) is 5.75 Å². The SMILES string of the molecule is CCOc1ccc(NC(=O)CCC(=O)NN=Cc2cc(I)c(O)c(OC)c2)cc1. The Bertz CT molecular complexity index is 884. The van der Waals surface area contributed by atoms with Gasteiger partial charge in [0.1, 0.15) is 5.75 Å². The van der Waals surface area contributed by atoms with E-state index in [1.165, 1.54) is 13.3 Å². The fourth-order valence-electron chi connectivity index (χ4n) is 2.31. The van der Waals surface area contributed by atoms with Crippen LogP contribution in [0.3, 0.4) is 0 Å². The molecule has 0 unspecified atom stereocenters. The maximum atomic E-state index is 12.0. The third kappa shape index (κ3) is 7.26. The Kier molecular flexibility index (Phi) is 8.71. The Morgan fingerprint density at radius 3 is 2.52 bits per heavy atom. The van der Waals surface area contributed by atoms with E-state index in [1.54, 1.807) is 36.4 Å². The smallest absolute Gasteiger partial charge is 0.240 e. The van der Waals surface area contributed by atoms with Crippen molar-refractivity contribution in [2.24, 2.45) is 5.10 Å². The third-order valence-corrected chi connectivity index (χ3v) is 4.52. The van der Waals surface area contributed by atoms with Gasteiger partial charge < -0.3 is 19.9 Å². The van der Waals surface area contributed by atoms with Crippen molar-refractivity contribution in [1.82, 2.24) is 5.43 Å². The summed E-state index contributed by atoms with van der Waals surface area (Å²) in [6, 6.07) is 10.3. The van der Waals surface area contributed by atoms with Crippen LogP contribution in [0.2, 0.25) is 0 Å². The number of rotatable bonds is 9. The average molecular weight is 511 g/mol. The van der Waals surface area contributed by atoms with Crippen LogP contribution in [0.25, 0.3) is 0 Å².